The van der Waals surface area contributed by atoms with Crippen molar-refractivity contribution in [2.45, 2.75) is 109 Å². The first-order valence-electron chi connectivity index (χ1n) is 14.5. The summed E-state index contributed by atoms with van der Waals surface area (Å²) >= 11 is 5.46. The minimum Gasteiger partial charge on any atom is -0.468 e. The molecule has 3 aliphatic rings. The van der Waals surface area contributed by atoms with Crippen molar-refractivity contribution in [1.82, 2.24) is 10.2 Å². The highest BCUT2D eigenvalue weighted by atomic mass is 32.1. The van der Waals surface area contributed by atoms with E-state index in [-0.39, 0.29) is 23.5 Å². The van der Waals surface area contributed by atoms with E-state index in [0.717, 1.165) is 56.9 Å². The third-order valence-electron chi connectivity index (χ3n) is 7.64. The molecule has 0 aromatic heterocycles. The van der Waals surface area contributed by atoms with Gasteiger partial charge >= 0.3 is 6.09 Å². The minimum atomic E-state index is -0.735. The monoisotopic (exact) mass is 558 g/mol. The third kappa shape index (κ3) is 6.99. The van der Waals surface area contributed by atoms with Crippen LogP contribution in [-0.4, -0.2) is 59.3 Å². The number of nitrogens with zero attached hydrogens (tertiary/aromatic N) is 1. The molecule has 2 fully saturated rings. The van der Waals surface area contributed by atoms with Gasteiger partial charge < -0.3 is 24.3 Å². The molecule has 0 spiro atoms. The number of ether oxygens (including phenoxy) is 4. The first-order chi connectivity index (χ1) is 18.9. The summed E-state index contributed by atoms with van der Waals surface area (Å²) in [7, 11) is 0. The van der Waals surface area contributed by atoms with Gasteiger partial charge in [-0.25, -0.2) is 4.79 Å². The summed E-state index contributed by atoms with van der Waals surface area (Å²) in [5.41, 5.74) is 1.47. The molecular formula is C30H42N2O6S. The fourth-order valence-corrected chi connectivity index (χ4v) is 5.76. The summed E-state index contributed by atoms with van der Waals surface area (Å²) in [4.78, 5) is 28.2. The number of thiocarbonyl (C=S) groups is 1. The first-order valence-corrected chi connectivity index (χ1v) is 14.9. The average Bonchev–Trinajstić information content (AvgIpc) is 3.51. The molecule has 3 unspecified atom stereocenters. The summed E-state index contributed by atoms with van der Waals surface area (Å²) in [5, 5.41) is 3.14. The van der Waals surface area contributed by atoms with Gasteiger partial charge in [-0.3, -0.25) is 9.69 Å². The van der Waals surface area contributed by atoms with E-state index >= 15 is 0 Å². The van der Waals surface area contributed by atoms with E-state index < -0.39 is 30.1 Å². The molecule has 2 saturated heterocycles. The predicted molar refractivity (Wildman–Crippen MR) is 152 cm³/mol. The number of amides is 2. The van der Waals surface area contributed by atoms with Crippen molar-refractivity contribution in [3.63, 3.8) is 0 Å². The molecule has 1 aliphatic carbocycles. The maximum Gasteiger partial charge on any atom is 0.407 e. The molecule has 1 aromatic rings. The zero-order chi connectivity index (χ0) is 27.8. The lowest BCUT2D eigenvalue weighted by atomic mass is 9.89. The molecule has 4 rings (SSSR count). The van der Waals surface area contributed by atoms with Crippen LogP contribution in [0.4, 0.5) is 4.79 Å². The van der Waals surface area contributed by atoms with Crippen molar-refractivity contribution in [2.24, 2.45) is 0 Å². The van der Waals surface area contributed by atoms with Gasteiger partial charge in [0.1, 0.15) is 24.9 Å². The van der Waals surface area contributed by atoms with E-state index in [2.05, 4.69) is 19.2 Å². The highest BCUT2D eigenvalue weighted by molar-refractivity contribution is 7.80. The first kappa shape index (κ1) is 29.5. The van der Waals surface area contributed by atoms with Gasteiger partial charge in [-0.05, 0) is 43.1 Å². The number of carbonyl (C=O) groups is 2. The van der Waals surface area contributed by atoms with Crippen LogP contribution in [-0.2, 0) is 23.7 Å². The Balaban J connectivity index is 1.60. The molecule has 214 valence electrons. The second-order valence-corrected chi connectivity index (χ2v) is 10.9. The molecule has 4 atom stereocenters. The summed E-state index contributed by atoms with van der Waals surface area (Å²) in [6.07, 6.45) is 7.98. The Morgan fingerprint density at radius 2 is 1.74 bits per heavy atom. The van der Waals surface area contributed by atoms with E-state index in [1.54, 1.807) is 4.90 Å². The van der Waals surface area contributed by atoms with Crippen molar-refractivity contribution in [3.8, 4) is 0 Å². The lowest BCUT2D eigenvalue weighted by Crippen LogP contribution is -2.51. The summed E-state index contributed by atoms with van der Waals surface area (Å²) in [5.74, 6) is -0.972. The minimum absolute atomic E-state index is 0.157. The van der Waals surface area contributed by atoms with Gasteiger partial charge in [0.15, 0.2) is 5.79 Å². The fourth-order valence-electron chi connectivity index (χ4n) is 5.49. The topological polar surface area (TPSA) is 86.3 Å². The lowest BCUT2D eigenvalue weighted by molar-refractivity contribution is -0.185. The number of rotatable bonds is 12. The van der Waals surface area contributed by atoms with Crippen LogP contribution >= 0.6 is 12.2 Å². The van der Waals surface area contributed by atoms with Gasteiger partial charge in [0.05, 0.1) is 12.6 Å². The summed E-state index contributed by atoms with van der Waals surface area (Å²) in [6.45, 7) is 6.98. The van der Waals surface area contributed by atoms with Crippen LogP contribution in [0.2, 0.25) is 0 Å². The number of fused-ring (bicyclic) bond motifs is 1. The Morgan fingerprint density at radius 3 is 2.41 bits per heavy atom. The van der Waals surface area contributed by atoms with Crippen molar-refractivity contribution >= 4 is 29.4 Å². The Bertz CT molecular complexity index is 1020. The SMILES string of the molecule is CCCCOC(=O)NC1CC(C(=O)N2C(=S)OC[C@H]2c2ccccc2)=CC2OC(CCCC)(CCCC)OC12. The largest absolute Gasteiger partial charge is 0.468 e. The molecular weight excluding hydrogens is 516 g/mol. The van der Waals surface area contributed by atoms with Crippen molar-refractivity contribution in [2.75, 3.05) is 13.2 Å². The van der Waals surface area contributed by atoms with Crippen LogP contribution in [0, 0.1) is 0 Å². The Morgan fingerprint density at radius 1 is 1.05 bits per heavy atom. The molecule has 0 radical (unpaired) electrons. The Hall–Kier alpha value is -2.49. The molecule has 8 nitrogen and oxygen atoms in total. The fraction of sp³-hybridized carbons (Fsp3) is 0.633. The second kappa shape index (κ2) is 13.7. The van der Waals surface area contributed by atoms with E-state index in [9.17, 15) is 9.59 Å². The molecule has 1 N–H and O–H groups in total. The van der Waals surface area contributed by atoms with Crippen LogP contribution < -0.4 is 5.32 Å². The maximum atomic E-state index is 14.0. The van der Waals surface area contributed by atoms with Crippen LogP contribution in [0.1, 0.15) is 90.2 Å². The van der Waals surface area contributed by atoms with Gasteiger partial charge in [-0.15, -0.1) is 0 Å². The average molecular weight is 559 g/mol. The van der Waals surface area contributed by atoms with Gasteiger partial charge in [-0.1, -0.05) is 70.4 Å². The second-order valence-electron chi connectivity index (χ2n) is 10.6. The quantitative estimate of drug-likeness (QED) is 0.250. The van der Waals surface area contributed by atoms with Crippen LogP contribution in [0.5, 0.6) is 0 Å². The molecule has 2 amide bonds. The highest BCUT2D eigenvalue weighted by Crippen LogP contribution is 2.43. The van der Waals surface area contributed by atoms with Gasteiger partial charge in [-0.2, -0.15) is 0 Å². The zero-order valence-corrected chi connectivity index (χ0v) is 24.2. The summed E-state index contributed by atoms with van der Waals surface area (Å²) < 4.78 is 24.3. The lowest BCUT2D eigenvalue weighted by Gasteiger charge is -2.33. The maximum absolute atomic E-state index is 14.0. The van der Waals surface area contributed by atoms with E-state index in [4.69, 9.17) is 31.2 Å². The van der Waals surface area contributed by atoms with Crippen LogP contribution in [0.25, 0.3) is 0 Å². The van der Waals surface area contributed by atoms with E-state index in [0.29, 0.717) is 18.8 Å². The molecule has 1 aromatic carbocycles. The van der Waals surface area contributed by atoms with Crippen LogP contribution in [0.15, 0.2) is 42.0 Å². The van der Waals surface area contributed by atoms with Crippen molar-refractivity contribution in [1.29, 1.82) is 0 Å². The van der Waals surface area contributed by atoms with Gasteiger partial charge in [0.2, 0.25) is 0 Å². The molecule has 9 heteroatoms. The molecule has 2 aliphatic heterocycles. The molecule has 39 heavy (non-hydrogen) atoms. The Kier molecular flexibility index (Phi) is 10.4. The van der Waals surface area contributed by atoms with Gasteiger partial charge in [0.25, 0.3) is 11.1 Å². The van der Waals surface area contributed by atoms with Crippen molar-refractivity contribution in [3.05, 3.63) is 47.5 Å². The van der Waals surface area contributed by atoms with Gasteiger partial charge in [0, 0.05) is 24.8 Å². The number of hydrogen-bond acceptors (Lipinski definition) is 7. The highest BCUT2D eigenvalue weighted by Gasteiger charge is 2.52. The Labute approximate surface area is 237 Å². The van der Waals surface area contributed by atoms with E-state index in [1.807, 2.05) is 43.3 Å². The predicted octanol–water partition coefficient (Wildman–Crippen LogP) is 5.96. The number of carbonyl (C=O) groups excluding carboxylic acids is 2. The number of unbranched alkanes of at least 4 members (excludes halogenated alkanes) is 3. The zero-order valence-electron chi connectivity index (χ0n) is 23.4. The molecule has 0 saturated carbocycles. The molecule has 2 heterocycles. The van der Waals surface area contributed by atoms with E-state index in [1.165, 1.54) is 0 Å². The smallest absolute Gasteiger partial charge is 0.407 e. The van der Waals surface area contributed by atoms with Crippen molar-refractivity contribution < 1.29 is 28.5 Å². The summed E-state index contributed by atoms with van der Waals surface area (Å²) in [6, 6.07) is 8.94. The normalized spacial score (nSPS) is 25.6. The third-order valence-corrected chi connectivity index (χ3v) is 7.95. The number of hydrogen-bond donors (Lipinski definition) is 1. The standard InChI is InChI=1S/C30H42N2O6S/c1-4-7-15-30(16-8-5-2)37-25-19-22(18-23(26(25)38-30)31-28(34)35-17-9-6-3)27(33)32-24(20-36-29(32)39)21-13-11-10-12-14-21/h10-14,19,23-26H,4-9,15-18,20H2,1-3H3,(H,31,34)/t23?,24-,25?,26?/m0/s1. The number of benzene rings is 1. The van der Waals surface area contributed by atoms with Crippen LogP contribution in [0.3, 0.4) is 0 Å². The number of nitrogens with one attached hydrogen (secondary N) is 1. The number of alkyl carbamates (subject to hydrolysis) is 1. The molecule has 0 bridgehead atoms.